The number of carboxylic acids is 1. The molecule has 0 amide bonds. The van der Waals surface area contributed by atoms with Crippen molar-refractivity contribution in [2.45, 2.75) is 38.7 Å². The van der Waals surface area contributed by atoms with Gasteiger partial charge in [-0.15, -0.1) is 6.58 Å². The Labute approximate surface area is 79.4 Å². The fourth-order valence-corrected chi connectivity index (χ4v) is 0.994. The fraction of sp³-hybridized carbons (Fsp3) is 0.700. The van der Waals surface area contributed by atoms with E-state index in [1.54, 1.807) is 0 Å². The van der Waals surface area contributed by atoms with Crippen LogP contribution in [-0.2, 0) is 9.53 Å². The molecule has 0 radical (unpaired) electrons. The predicted octanol–water partition coefficient (Wildman–Crippen LogP) is 2.22. The largest absolute Gasteiger partial charge is 0.481 e. The molecule has 0 aromatic heterocycles. The van der Waals surface area contributed by atoms with Crippen molar-refractivity contribution in [3.63, 3.8) is 0 Å². The quantitative estimate of drug-likeness (QED) is 0.467. The van der Waals surface area contributed by atoms with E-state index in [2.05, 4.69) is 6.58 Å². The normalized spacial score (nSPS) is 12.4. The zero-order valence-corrected chi connectivity index (χ0v) is 8.16. The number of ether oxygens (including phenoxy) is 1. The first kappa shape index (κ1) is 12.2. The van der Waals surface area contributed by atoms with Crippen LogP contribution >= 0.6 is 0 Å². The zero-order chi connectivity index (χ0) is 10.1. The number of hydrogen-bond donors (Lipinski definition) is 1. The standard InChI is InChI=1S/C10H18O3/c1-3-5-6-7-13-9(4-2)8-10(11)12/h3,9H,1,4-8H2,2H3,(H,11,12)/t9-/m0/s1. The Hall–Kier alpha value is -0.830. The summed E-state index contributed by atoms with van der Waals surface area (Å²) in [5.41, 5.74) is 0. The Balaban J connectivity index is 3.47. The van der Waals surface area contributed by atoms with Gasteiger partial charge in [-0.25, -0.2) is 0 Å². The van der Waals surface area contributed by atoms with Gasteiger partial charge in [-0.05, 0) is 19.3 Å². The van der Waals surface area contributed by atoms with Crippen LogP contribution in [0.25, 0.3) is 0 Å². The van der Waals surface area contributed by atoms with E-state index in [0.717, 1.165) is 19.3 Å². The van der Waals surface area contributed by atoms with Crippen LogP contribution in [0.5, 0.6) is 0 Å². The smallest absolute Gasteiger partial charge is 0.305 e. The third-order valence-corrected chi connectivity index (χ3v) is 1.76. The Kier molecular flexibility index (Phi) is 7.30. The maximum Gasteiger partial charge on any atom is 0.305 e. The summed E-state index contributed by atoms with van der Waals surface area (Å²) in [6, 6.07) is 0. The molecule has 1 N–H and O–H groups in total. The molecule has 0 aliphatic heterocycles. The summed E-state index contributed by atoms with van der Waals surface area (Å²) in [5, 5.41) is 8.52. The number of carboxylic acid groups (broad SMARTS) is 1. The van der Waals surface area contributed by atoms with E-state index >= 15 is 0 Å². The monoisotopic (exact) mass is 186 g/mol. The molecule has 76 valence electrons. The third-order valence-electron chi connectivity index (χ3n) is 1.76. The lowest BCUT2D eigenvalue weighted by Gasteiger charge is -2.13. The van der Waals surface area contributed by atoms with E-state index in [0.29, 0.717) is 6.61 Å². The molecule has 0 fully saturated rings. The average molecular weight is 186 g/mol. The van der Waals surface area contributed by atoms with Gasteiger partial charge in [-0.3, -0.25) is 4.79 Å². The molecule has 0 aromatic carbocycles. The molecule has 0 rings (SSSR count). The minimum atomic E-state index is -0.796. The summed E-state index contributed by atoms with van der Waals surface area (Å²) in [7, 11) is 0. The van der Waals surface area contributed by atoms with Crippen molar-refractivity contribution in [1.82, 2.24) is 0 Å². The lowest BCUT2D eigenvalue weighted by atomic mass is 10.2. The molecule has 0 bridgehead atoms. The van der Waals surface area contributed by atoms with Crippen LogP contribution in [0.1, 0.15) is 32.6 Å². The van der Waals surface area contributed by atoms with Gasteiger partial charge in [-0.1, -0.05) is 13.0 Å². The number of allylic oxidation sites excluding steroid dienone is 1. The molecule has 1 atom stereocenters. The van der Waals surface area contributed by atoms with Gasteiger partial charge in [0, 0.05) is 6.61 Å². The lowest BCUT2D eigenvalue weighted by Crippen LogP contribution is -2.17. The van der Waals surface area contributed by atoms with Gasteiger partial charge in [0.15, 0.2) is 0 Å². The highest BCUT2D eigenvalue weighted by molar-refractivity contribution is 5.67. The molecule has 0 spiro atoms. The molecule has 0 unspecified atom stereocenters. The summed E-state index contributed by atoms with van der Waals surface area (Å²) in [6.45, 7) is 6.15. The third kappa shape index (κ3) is 7.53. The molecule has 0 heterocycles. The lowest BCUT2D eigenvalue weighted by molar-refractivity contribution is -0.140. The first-order valence-electron chi connectivity index (χ1n) is 4.65. The molecule has 3 nitrogen and oxygen atoms in total. The maximum absolute atomic E-state index is 10.4. The number of carbonyl (C=O) groups is 1. The number of unbranched alkanes of at least 4 members (excludes halogenated alkanes) is 1. The molecule has 0 aliphatic carbocycles. The minimum Gasteiger partial charge on any atom is -0.481 e. The van der Waals surface area contributed by atoms with E-state index in [1.165, 1.54) is 0 Å². The summed E-state index contributed by atoms with van der Waals surface area (Å²) in [4.78, 5) is 10.4. The first-order valence-corrected chi connectivity index (χ1v) is 4.65. The second kappa shape index (κ2) is 7.80. The molecular weight excluding hydrogens is 168 g/mol. The second-order valence-electron chi connectivity index (χ2n) is 2.93. The predicted molar refractivity (Wildman–Crippen MR) is 51.7 cm³/mol. The topological polar surface area (TPSA) is 46.5 Å². The van der Waals surface area contributed by atoms with Crippen molar-refractivity contribution in [2.24, 2.45) is 0 Å². The van der Waals surface area contributed by atoms with E-state index in [-0.39, 0.29) is 12.5 Å². The highest BCUT2D eigenvalue weighted by atomic mass is 16.5. The maximum atomic E-state index is 10.4. The number of aliphatic carboxylic acids is 1. The summed E-state index contributed by atoms with van der Waals surface area (Å²) in [5.74, 6) is -0.796. The SMILES string of the molecule is C=CCCCO[C@@H](CC)CC(=O)O. The zero-order valence-electron chi connectivity index (χ0n) is 8.16. The second-order valence-corrected chi connectivity index (χ2v) is 2.93. The minimum absolute atomic E-state index is 0.102. The molecule has 3 heteroatoms. The first-order chi connectivity index (χ1) is 6.20. The highest BCUT2D eigenvalue weighted by Gasteiger charge is 2.10. The summed E-state index contributed by atoms with van der Waals surface area (Å²) in [6.07, 6.45) is 4.39. The van der Waals surface area contributed by atoms with E-state index in [1.807, 2.05) is 13.0 Å². The van der Waals surface area contributed by atoms with Crippen LogP contribution in [0.3, 0.4) is 0 Å². The summed E-state index contributed by atoms with van der Waals surface area (Å²) >= 11 is 0. The van der Waals surface area contributed by atoms with Crippen LogP contribution in [0, 0.1) is 0 Å². The van der Waals surface area contributed by atoms with Crippen LogP contribution < -0.4 is 0 Å². The van der Waals surface area contributed by atoms with Gasteiger partial charge >= 0.3 is 5.97 Å². The fourth-order valence-electron chi connectivity index (χ4n) is 0.994. The van der Waals surface area contributed by atoms with Crippen molar-refractivity contribution >= 4 is 5.97 Å². The van der Waals surface area contributed by atoms with Crippen molar-refractivity contribution < 1.29 is 14.6 Å². The summed E-state index contributed by atoms with van der Waals surface area (Å²) < 4.78 is 5.38. The highest BCUT2D eigenvalue weighted by Crippen LogP contribution is 2.04. The van der Waals surface area contributed by atoms with Gasteiger partial charge in [0.25, 0.3) is 0 Å². The molecule has 0 saturated heterocycles. The number of hydrogen-bond acceptors (Lipinski definition) is 2. The van der Waals surface area contributed by atoms with Crippen LogP contribution in [-0.4, -0.2) is 23.8 Å². The Morgan fingerprint density at radius 2 is 2.38 bits per heavy atom. The average Bonchev–Trinajstić information content (AvgIpc) is 2.09. The van der Waals surface area contributed by atoms with Crippen molar-refractivity contribution in [3.05, 3.63) is 12.7 Å². The van der Waals surface area contributed by atoms with Gasteiger partial charge in [-0.2, -0.15) is 0 Å². The Bertz CT molecular complexity index is 154. The molecule has 0 aromatic rings. The Morgan fingerprint density at radius 3 is 2.85 bits per heavy atom. The van der Waals surface area contributed by atoms with Gasteiger partial charge in [0.1, 0.15) is 0 Å². The van der Waals surface area contributed by atoms with Crippen molar-refractivity contribution in [3.8, 4) is 0 Å². The van der Waals surface area contributed by atoms with E-state index in [9.17, 15) is 4.79 Å². The molecule has 0 aliphatic rings. The van der Waals surface area contributed by atoms with Gasteiger partial charge in [0.05, 0.1) is 12.5 Å². The van der Waals surface area contributed by atoms with E-state index < -0.39 is 5.97 Å². The van der Waals surface area contributed by atoms with Crippen molar-refractivity contribution in [2.75, 3.05) is 6.61 Å². The molecule has 0 saturated carbocycles. The number of rotatable bonds is 8. The van der Waals surface area contributed by atoms with Crippen LogP contribution in [0.4, 0.5) is 0 Å². The van der Waals surface area contributed by atoms with Crippen LogP contribution in [0.2, 0.25) is 0 Å². The van der Waals surface area contributed by atoms with E-state index in [4.69, 9.17) is 9.84 Å². The van der Waals surface area contributed by atoms with Gasteiger partial charge < -0.3 is 9.84 Å². The van der Waals surface area contributed by atoms with Crippen molar-refractivity contribution in [1.29, 1.82) is 0 Å². The van der Waals surface area contributed by atoms with Gasteiger partial charge in [0.2, 0.25) is 0 Å². The molecular formula is C10H18O3. The Morgan fingerprint density at radius 1 is 1.69 bits per heavy atom. The van der Waals surface area contributed by atoms with Crippen LogP contribution in [0.15, 0.2) is 12.7 Å². The molecule has 13 heavy (non-hydrogen) atoms.